The molecule has 4 heteroatoms. The van der Waals surface area contributed by atoms with E-state index in [1.165, 1.54) is 0 Å². The molecule has 0 aliphatic carbocycles. The first kappa shape index (κ1) is 19.5. The summed E-state index contributed by atoms with van der Waals surface area (Å²) in [5.74, 6) is 0. The van der Waals surface area contributed by atoms with E-state index in [0.717, 1.165) is 54.4 Å². The Labute approximate surface area is 173 Å². The zero-order valence-corrected chi connectivity index (χ0v) is 17.1. The first-order valence-corrected chi connectivity index (χ1v) is 10.1. The molecular weight excluding hydrogens is 360 g/mol. The van der Waals surface area contributed by atoms with Crippen LogP contribution in [0.3, 0.4) is 0 Å². The third-order valence-corrected chi connectivity index (χ3v) is 5.65. The maximum Gasteiger partial charge on any atom is 0.140 e. The van der Waals surface area contributed by atoms with E-state index in [9.17, 15) is 5.11 Å². The van der Waals surface area contributed by atoms with Gasteiger partial charge in [-0.25, -0.2) is 0 Å². The summed E-state index contributed by atoms with van der Waals surface area (Å²) in [5, 5.41) is 12.0. The number of benzene rings is 3. The fourth-order valence-electron chi connectivity index (χ4n) is 3.92. The minimum Gasteiger partial charge on any atom is -0.378 e. The van der Waals surface area contributed by atoms with Crippen molar-refractivity contribution in [1.29, 1.82) is 0 Å². The highest BCUT2D eigenvalue weighted by Gasteiger charge is 2.33. The molecule has 4 rings (SSSR count). The molecule has 0 bridgehead atoms. The van der Waals surface area contributed by atoms with E-state index in [0.29, 0.717) is 0 Å². The third-order valence-electron chi connectivity index (χ3n) is 5.65. The van der Waals surface area contributed by atoms with Gasteiger partial charge in [0, 0.05) is 38.6 Å². The molecule has 0 spiro atoms. The van der Waals surface area contributed by atoms with Gasteiger partial charge in [0.1, 0.15) is 5.60 Å². The van der Waals surface area contributed by atoms with E-state index in [2.05, 4.69) is 21.9 Å². The van der Waals surface area contributed by atoms with Gasteiger partial charge in [0.05, 0.1) is 13.2 Å². The van der Waals surface area contributed by atoms with Crippen molar-refractivity contribution in [3.63, 3.8) is 0 Å². The van der Waals surface area contributed by atoms with Crippen LogP contribution in [0.25, 0.3) is 0 Å². The number of nitrogens with zero attached hydrogens (tertiary/aromatic N) is 2. The molecule has 1 saturated heterocycles. The monoisotopic (exact) mass is 388 g/mol. The topological polar surface area (TPSA) is 35.9 Å². The third kappa shape index (κ3) is 3.86. The second-order valence-corrected chi connectivity index (χ2v) is 7.66. The summed E-state index contributed by atoms with van der Waals surface area (Å²) in [6.45, 7) is 3.31. The van der Waals surface area contributed by atoms with Gasteiger partial charge >= 0.3 is 0 Å². The molecule has 150 valence electrons. The Morgan fingerprint density at radius 1 is 0.759 bits per heavy atom. The molecule has 1 heterocycles. The molecule has 3 aromatic rings. The summed E-state index contributed by atoms with van der Waals surface area (Å²) in [5.41, 5.74) is 3.63. The average Bonchev–Trinajstić information content (AvgIpc) is 2.80. The largest absolute Gasteiger partial charge is 0.378 e. The van der Waals surface area contributed by atoms with E-state index in [1.54, 1.807) is 0 Å². The highest BCUT2D eigenvalue weighted by Crippen LogP contribution is 2.38. The van der Waals surface area contributed by atoms with Crippen molar-refractivity contribution in [2.45, 2.75) is 5.60 Å². The van der Waals surface area contributed by atoms with Crippen LogP contribution in [0.4, 0.5) is 11.4 Å². The fraction of sp³-hybridized carbons (Fsp3) is 0.280. The van der Waals surface area contributed by atoms with Gasteiger partial charge in [0.2, 0.25) is 0 Å². The molecule has 1 aliphatic heterocycles. The van der Waals surface area contributed by atoms with Crippen LogP contribution in [0.1, 0.15) is 16.7 Å². The smallest absolute Gasteiger partial charge is 0.140 e. The van der Waals surface area contributed by atoms with Crippen LogP contribution in [0.15, 0.2) is 78.9 Å². The van der Waals surface area contributed by atoms with Crippen molar-refractivity contribution < 1.29 is 9.84 Å². The molecular formula is C25H28N2O2. The van der Waals surface area contributed by atoms with E-state index in [4.69, 9.17) is 4.74 Å². The van der Waals surface area contributed by atoms with Crippen molar-refractivity contribution in [3.8, 4) is 0 Å². The number of hydrogen-bond donors (Lipinski definition) is 1. The van der Waals surface area contributed by atoms with E-state index in [-0.39, 0.29) is 0 Å². The normalized spacial score (nSPS) is 16.3. The quantitative estimate of drug-likeness (QED) is 0.673. The van der Waals surface area contributed by atoms with Crippen LogP contribution in [0.2, 0.25) is 0 Å². The predicted octanol–water partition coefficient (Wildman–Crippen LogP) is 3.87. The van der Waals surface area contributed by atoms with E-state index < -0.39 is 5.60 Å². The summed E-state index contributed by atoms with van der Waals surface area (Å²) in [6, 6.07) is 26.3. The summed E-state index contributed by atoms with van der Waals surface area (Å²) in [6.07, 6.45) is 0. The number of rotatable bonds is 5. The minimum absolute atomic E-state index is 0.758. The van der Waals surface area contributed by atoms with Crippen LogP contribution < -0.4 is 9.80 Å². The molecule has 1 atom stereocenters. The number of hydrogen-bond acceptors (Lipinski definition) is 4. The zero-order chi connectivity index (χ0) is 20.3. The first-order chi connectivity index (χ1) is 14.1. The van der Waals surface area contributed by atoms with Crippen LogP contribution in [0.5, 0.6) is 0 Å². The van der Waals surface area contributed by atoms with Crippen molar-refractivity contribution in [2.75, 3.05) is 50.2 Å². The molecule has 4 nitrogen and oxygen atoms in total. The van der Waals surface area contributed by atoms with Crippen LogP contribution in [-0.4, -0.2) is 45.5 Å². The van der Waals surface area contributed by atoms with Crippen LogP contribution >= 0.6 is 0 Å². The minimum atomic E-state index is -1.21. The van der Waals surface area contributed by atoms with Gasteiger partial charge in [-0.3, -0.25) is 0 Å². The number of ether oxygens (including phenoxy) is 1. The van der Waals surface area contributed by atoms with Crippen molar-refractivity contribution in [3.05, 3.63) is 95.6 Å². The molecule has 0 aromatic heterocycles. The van der Waals surface area contributed by atoms with Gasteiger partial charge in [0.15, 0.2) is 0 Å². The Kier molecular flexibility index (Phi) is 5.56. The van der Waals surface area contributed by atoms with Crippen LogP contribution in [0, 0.1) is 0 Å². The highest BCUT2D eigenvalue weighted by molar-refractivity contribution is 5.55. The van der Waals surface area contributed by atoms with Gasteiger partial charge in [-0.2, -0.15) is 0 Å². The number of anilines is 2. The maximum atomic E-state index is 12.0. The van der Waals surface area contributed by atoms with Crippen molar-refractivity contribution in [2.24, 2.45) is 0 Å². The Balaban J connectivity index is 1.74. The average molecular weight is 389 g/mol. The molecule has 0 saturated carbocycles. The molecule has 3 aromatic carbocycles. The molecule has 0 amide bonds. The standard InChI is InChI=1S/C25H28N2O2/c1-26(2)23-12-8-21(9-13-23)25(28,20-6-4-3-5-7-20)22-10-14-24(15-11-22)27-16-18-29-19-17-27/h3-15,28H,16-19H2,1-2H3. The molecule has 1 aliphatic rings. The molecule has 1 N–H and O–H groups in total. The molecule has 1 unspecified atom stereocenters. The summed E-state index contributed by atoms with van der Waals surface area (Å²) >= 11 is 0. The summed E-state index contributed by atoms with van der Waals surface area (Å²) in [4.78, 5) is 4.38. The summed E-state index contributed by atoms with van der Waals surface area (Å²) in [7, 11) is 4.03. The maximum absolute atomic E-state index is 12.0. The molecule has 1 fully saturated rings. The van der Waals surface area contributed by atoms with E-state index in [1.807, 2.05) is 80.8 Å². The lowest BCUT2D eigenvalue weighted by Crippen LogP contribution is -2.36. The second-order valence-electron chi connectivity index (χ2n) is 7.66. The van der Waals surface area contributed by atoms with Gasteiger partial charge in [-0.15, -0.1) is 0 Å². The van der Waals surface area contributed by atoms with Gasteiger partial charge in [-0.05, 0) is 41.0 Å². The number of morpholine rings is 1. The van der Waals surface area contributed by atoms with Crippen molar-refractivity contribution >= 4 is 11.4 Å². The second kappa shape index (κ2) is 8.27. The highest BCUT2D eigenvalue weighted by atomic mass is 16.5. The first-order valence-electron chi connectivity index (χ1n) is 10.1. The lowest BCUT2D eigenvalue weighted by Gasteiger charge is -2.32. The number of aliphatic hydroxyl groups is 1. The van der Waals surface area contributed by atoms with Gasteiger partial charge in [0.25, 0.3) is 0 Å². The summed E-state index contributed by atoms with van der Waals surface area (Å²) < 4.78 is 5.46. The van der Waals surface area contributed by atoms with Gasteiger partial charge < -0.3 is 19.6 Å². The lowest BCUT2D eigenvalue weighted by molar-refractivity contribution is 0.122. The molecule has 29 heavy (non-hydrogen) atoms. The van der Waals surface area contributed by atoms with Crippen LogP contribution in [-0.2, 0) is 10.3 Å². The Hall–Kier alpha value is -2.82. The van der Waals surface area contributed by atoms with Gasteiger partial charge in [-0.1, -0.05) is 54.6 Å². The Morgan fingerprint density at radius 2 is 1.28 bits per heavy atom. The SMILES string of the molecule is CN(C)c1ccc(C(O)(c2ccccc2)c2ccc(N3CCOCC3)cc2)cc1. The fourth-order valence-corrected chi connectivity index (χ4v) is 3.92. The van der Waals surface area contributed by atoms with E-state index >= 15 is 0 Å². The Morgan fingerprint density at radius 3 is 1.83 bits per heavy atom. The molecule has 0 radical (unpaired) electrons. The van der Waals surface area contributed by atoms with Crippen molar-refractivity contribution in [1.82, 2.24) is 0 Å². The Bertz CT molecular complexity index is 917. The lowest BCUT2D eigenvalue weighted by atomic mass is 9.80. The predicted molar refractivity (Wildman–Crippen MR) is 119 cm³/mol. The zero-order valence-electron chi connectivity index (χ0n) is 17.1.